The predicted octanol–water partition coefficient (Wildman–Crippen LogP) is 2.18. The summed E-state index contributed by atoms with van der Waals surface area (Å²) >= 11 is 0. The number of pyridine rings is 1. The predicted molar refractivity (Wildman–Crippen MR) is 70.1 cm³/mol. The number of likely N-dealkylation sites (tertiary alicyclic amines) is 1. The summed E-state index contributed by atoms with van der Waals surface area (Å²) in [4.78, 5) is 29.0. The van der Waals surface area contributed by atoms with E-state index >= 15 is 0 Å². The zero-order valence-corrected chi connectivity index (χ0v) is 11.2. The van der Waals surface area contributed by atoms with Crippen LogP contribution in [0.1, 0.15) is 54.0 Å². The minimum atomic E-state index is -1.04. The highest BCUT2D eigenvalue weighted by Crippen LogP contribution is 2.24. The maximum atomic E-state index is 12.4. The number of carboxylic acids is 1. The molecule has 1 aliphatic heterocycles. The lowest BCUT2D eigenvalue weighted by Gasteiger charge is -2.38. The molecule has 1 aromatic heterocycles. The highest BCUT2D eigenvalue weighted by Gasteiger charge is 2.30. The third-order valence-corrected chi connectivity index (χ3v) is 3.66. The van der Waals surface area contributed by atoms with Crippen LogP contribution in [0, 0.1) is 0 Å². The van der Waals surface area contributed by atoms with Crippen molar-refractivity contribution in [1.29, 1.82) is 0 Å². The van der Waals surface area contributed by atoms with Gasteiger partial charge in [-0.05, 0) is 45.2 Å². The highest BCUT2D eigenvalue weighted by atomic mass is 16.4. The topological polar surface area (TPSA) is 70.5 Å². The van der Waals surface area contributed by atoms with Gasteiger partial charge in [-0.3, -0.25) is 9.78 Å². The summed E-state index contributed by atoms with van der Waals surface area (Å²) in [6, 6.07) is 3.32. The molecule has 2 rings (SSSR count). The van der Waals surface area contributed by atoms with Gasteiger partial charge in [-0.1, -0.05) is 0 Å². The zero-order valence-electron chi connectivity index (χ0n) is 11.2. The average Bonchev–Trinajstić information content (AvgIpc) is 2.38. The molecule has 0 spiro atoms. The Kier molecular flexibility index (Phi) is 3.83. The number of aromatic nitrogens is 1. The number of rotatable bonds is 2. The minimum Gasteiger partial charge on any atom is -0.478 e. The number of amides is 1. The molecular formula is C14H18N2O3. The van der Waals surface area contributed by atoms with Crippen LogP contribution in [0.3, 0.4) is 0 Å². The zero-order chi connectivity index (χ0) is 14.0. The third-order valence-electron chi connectivity index (χ3n) is 3.66. The first-order valence-corrected chi connectivity index (χ1v) is 6.52. The van der Waals surface area contributed by atoms with Crippen molar-refractivity contribution >= 4 is 11.9 Å². The van der Waals surface area contributed by atoms with Crippen LogP contribution in [0.2, 0.25) is 0 Å². The van der Waals surface area contributed by atoms with Crippen molar-refractivity contribution < 1.29 is 14.7 Å². The van der Waals surface area contributed by atoms with Gasteiger partial charge in [0.1, 0.15) is 5.69 Å². The summed E-state index contributed by atoms with van der Waals surface area (Å²) in [7, 11) is 0. The second-order valence-electron chi connectivity index (χ2n) is 5.08. The van der Waals surface area contributed by atoms with E-state index in [1.807, 2.05) is 18.7 Å². The second kappa shape index (κ2) is 5.38. The fraction of sp³-hybridized carbons (Fsp3) is 0.500. The van der Waals surface area contributed by atoms with Crippen molar-refractivity contribution in [2.75, 3.05) is 0 Å². The molecule has 102 valence electrons. The molecule has 0 aliphatic carbocycles. The minimum absolute atomic E-state index is 0.0938. The normalized spacial score (nSPS) is 23.2. The lowest BCUT2D eigenvalue weighted by atomic mass is 9.97. The van der Waals surface area contributed by atoms with Crippen LogP contribution in [0.5, 0.6) is 0 Å². The van der Waals surface area contributed by atoms with E-state index in [4.69, 9.17) is 5.11 Å². The van der Waals surface area contributed by atoms with Crippen molar-refractivity contribution in [2.24, 2.45) is 0 Å². The lowest BCUT2D eigenvalue weighted by Crippen LogP contribution is -2.47. The van der Waals surface area contributed by atoms with Gasteiger partial charge in [0.2, 0.25) is 0 Å². The van der Waals surface area contributed by atoms with E-state index in [9.17, 15) is 9.59 Å². The maximum absolute atomic E-state index is 12.4. The van der Waals surface area contributed by atoms with Crippen LogP contribution in [0.4, 0.5) is 0 Å². The van der Waals surface area contributed by atoms with Crippen LogP contribution in [-0.4, -0.2) is 39.0 Å². The molecule has 0 aromatic carbocycles. The molecule has 1 amide bonds. The Morgan fingerprint density at radius 2 is 1.89 bits per heavy atom. The Balaban J connectivity index is 2.20. The number of aromatic carboxylic acids is 1. The molecule has 1 aliphatic rings. The molecule has 0 unspecified atom stereocenters. The standard InChI is InChI=1S/C14H18N2O3/c1-9-4-3-5-10(2)16(9)13(17)12-7-6-11(8-15-12)14(18)19/h6-10H,3-5H2,1-2H3,(H,18,19)/t9-,10-/m1/s1. The smallest absolute Gasteiger partial charge is 0.337 e. The number of carboxylic acid groups (broad SMARTS) is 1. The third kappa shape index (κ3) is 2.75. The summed E-state index contributed by atoms with van der Waals surface area (Å²) in [5.41, 5.74) is 0.405. The highest BCUT2D eigenvalue weighted by molar-refractivity contribution is 5.94. The van der Waals surface area contributed by atoms with E-state index in [1.165, 1.54) is 18.3 Å². The molecule has 1 N–H and O–H groups in total. The lowest BCUT2D eigenvalue weighted by molar-refractivity contribution is 0.0503. The summed E-state index contributed by atoms with van der Waals surface area (Å²) in [6.07, 6.45) is 4.37. The van der Waals surface area contributed by atoms with Gasteiger partial charge in [-0.15, -0.1) is 0 Å². The van der Waals surface area contributed by atoms with E-state index < -0.39 is 5.97 Å². The van der Waals surface area contributed by atoms with Crippen molar-refractivity contribution in [3.63, 3.8) is 0 Å². The van der Waals surface area contributed by atoms with Crippen LogP contribution in [0.15, 0.2) is 18.3 Å². The molecule has 2 atom stereocenters. The monoisotopic (exact) mass is 262 g/mol. The van der Waals surface area contributed by atoms with Crippen molar-refractivity contribution in [3.8, 4) is 0 Å². The van der Waals surface area contributed by atoms with Crippen LogP contribution in [0.25, 0.3) is 0 Å². The molecule has 0 bridgehead atoms. The first-order valence-electron chi connectivity index (χ1n) is 6.52. The molecule has 1 aromatic rings. The molecule has 5 nitrogen and oxygen atoms in total. The molecule has 1 saturated heterocycles. The number of nitrogens with zero attached hydrogens (tertiary/aromatic N) is 2. The van der Waals surface area contributed by atoms with Gasteiger partial charge < -0.3 is 10.0 Å². The van der Waals surface area contributed by atoms with Gasteiger partial charge in [-0.2, -0.15) is 0 Å². The largest absolute Gasteiger partial charge is 0.478 e. The summed E-state index contributed by atoms with van der Waals surface area (Å²) < 4.78 is 0. The Bertz CT molecular complexity index is 474. The fourth-order valence-electron chi connectivity index (χ4n) is 2.60. The molecular weight excluding hydrogens is 244 g/mol. The van der Waals surface area contributed by atoms with Crippen LogP contribution in [-0.2, 0) is 0 Å². The first-order chi connectivity index (χ1) is 9.00. The van der Waals surface area contributed by atoms with E-state index in [0.717, 1.165) is 19.3 Å². The van der Waals surface area contributed by atoms with E-state index in [0.29, 0.717) is 5.69 Å². The Hall–Kier alpha value is -1.91. The van der Waals surface area contributed by atoms with Crippen molar-refractivity contribution in [1.82, 2.24) is 9.88 Å². The molecule has 5 heteroatoms. The average molecular weight is 262 g/mol. The van der Waals surface area contributed by atoms with Gasteiger partial charge in [0.05, 0.1) is 5.56 Å². The Morgan fingerprint density at radius 3 is 2.37 bits per heavy atom. The van der Waals surface area contributed by atoms with Crippen molar-refractivity contribution in [2.45, 2.75) is 45.2 Å². The second-order valence-corrected chi connectivity index (χ2v) is 5.08. The van der Waals surface area contributed by atoms with E-state index in [-0.39, 0.29) is 23.6 Å². The molecule has 19 heavy (non-hydrogen) atoms. The number of piperidine rings is 1. The van der Waals surface area contributed by atoms with Gasteiger partial charge in [-0.25, -0.2) is 4.79 Å². The van der Waals surface area contributed by atoms with Crippen molar-refractivity contribution in [3.05, 3.63) is 29.6 Å². The van der Waals surface area contributed by atoms with Gasteiger partial charge in [0.15, 0.2) is 0 Å². The number of hydrogen-bond donors (Lipinski definition) is 1. The maximum Gasteiger partial charge on any atom is 0.337 e. The quantitative estimate of drug-likeness (QED) is 0.886. The van der Waals surface area contributed by atoms with Crippen LogP contribution >= 0.6 is 0 Å². The summed E-state index contributed by atoms with van der Waals surface area (Å²) in [6.45, 7) is 4.08. The molecule has 1 fully saturated rings. The van der Waals surface area contributed by atoms with E-state index in [2.05, 4.69) is 4.98 Å². The SMILES string of the molecule is C[C@@H]1CCC[C@@H](C)N1C(=O)c1ccc(C(=O)O)cn1. The first kappa shape index (κ1) is 13.5. The number of carbonyl (C=O) groups is 2. The van der Waals surface area contributed by atoms with Crippen LogP contribution < -0.4 is 0 Å². The summed E-state index contributed by atoms with van der Waals surface area (Å²) in [5.74, 6) is -1.15. The fourth-order valence-corrected chi connectivity index (χ4v) is 2.60. The van der Waals surface area contributed by atoms with Gasteiger partial charge in [0, 0.05) is 18.3 Å². The van der Waals surface area contributed by atoms with E-state index in [1.54, 1.807) is 0 Å². The Morgan fingerprint density at radius 1 is 1.26 bits per heavy atom. The molecule has 0 saturated carbocycles. The number of carbonyl (C=O) groups excluding carboxylic acids is 1. The number of hydrogen-bond acceptors (Lipinski definition) is 3. The summed E-state index contributed by atoms with van der Waals surface area (Å²) in [5, 5.41) is 8.81. The van der Waals surface area contributed by atoms with Gasteiger partial charge in [0.25, 0.3) is 5.91 Å². The molecule has 2 heterocycles. The molecule has 0 radical (unpaired) electrons. The van der Waals surface area contributed by atoms with Gasteiger partial charge >= 0.3 is 5.97 Å². The Labute approximate surface area is 112 Å².